The van der Waals surface area contributed by atoms with Gasteiger partial charge in [0.1, 0.15) is 0 Å². The summed E-state index contributed by atoms with van der Waals surface area (Å²) in [7, 11) is 1.66. The van der Waals surface area contributed by atoms with Crippen LogP contribution in [0.3, 0.4) is 0 Å². The van der Waals surface area contributed by atoms with Crippen molar-refractivity contribution >= 4 is 11.8 Å². The van der Waals surface area contributed by atoms with Crippen molar-refractivity contribution in [3.8, 4) is 0 Å². The van der Waals surface area contributed by atoms with Gasteiger partial charge in [-0.25, -0.2) is 0 Å². The number of rotatable bonds is 4. The predicted molar refractivity (Wildman–Crippen MR) is 96.3 cm³/mol. The number of carbonyl (C=O) groups is 2. The number of hydrogen-bond donors (Lipinski definition) is 1. The molecule has 4 aliphatic rings. The van der Waals surface area contributed by atoms with E-state index in [9.17, 15) is 9.59 Å². The zero-order valence-corrected chi connectivity index (χ0v) is 16.8. The maximum atomic E-state index is 13.3. The minimum Gasteiger partial charge on any atom is -0.381 e. The number of amides is 2. The number of carbonyl (C=O) groups excluding carboxylic acids is 2. The van der Waals surface area contributed by atoms with E-state index >= 15 is 0 Å². The van der Waals surface area contributed by atoms with Crippen molar-refractivity contribution in [3.05, 3.63) is 0 Å². The molecule has 146 valence electrons. The second-order valence-corrected chi connectivity index (χ2v) is 9.87. The smallest absolute Gasteiger partial charge is 0.229 e. The van der Waals surface area contributed by atoms with Crippen LogP contribution in [0.4, 0.5) is 0 Å². The maximum absolute atomic E-state index is 13.3. The monoisotopic (exact) mass is 364 g/mol. The topological polar surface area (TPSA) is 67.9 Å². The summed E-state index contributed by atoms with van der Waals surface area (Å²) in [6.07, 6.45) is -0.147. The van der Waals surface area contributed by atoms with Crippen LogP contribution in [0.1, 0.15) is 34.6 Å². The van der Waals surface area contributed by atoms with Crippen LogP contribution < -0.4 is 5.32 Å². The molecule has 1 N–H and O–H groups in total. The Bertz CT molecular complexity index is 620. The molecule has 6 nitrogen and oxygen atoms in total. The Hall–Kier alpha value is -1.14. The molecule has 4 fully saturated rings. The van der Waals surface area contributed by atoms with Gasteiger partial charge in [-0.1, -0.05) is 27.7 Å². The van der Waals surface area contributed by atoms with Crippen LogP contribution in [-0.2, 0) is 19.1 Å². The first-order valence-corrected chi connectivity index (χ1v) is 9.78. The van der Waals surface area contributed by atoms with Crippen molar-refractivity contribution in [2.75, 3.05) is 33.4 Å². The predicted octanol–water partition coefficient (Wildman–Crippen LogP) is 1.29. The van der Waals surface area contributed by atoms with Gasteiger partial charge in [-0.05, 0) is 29.6 Å². The molecule has 0 bridgehead atoms. The summed E-state index contributed by atoms with van der Waals surface area (Å²) in [6, 6.07) is -0.132. The molecule has 1 unspecified atom stereocenters. The fraction of sp³-hybridized carbons (Fsp3) is 0.900. The Morgan fingerprint density at radius 3 is 2.12 bits per heavy atom. The largest absolute Gasteiger partial charge is 0.381 e. The zero-order valence-electron chi connectivity index (χ0n) is 16.8. The normalized spacial score (nSPS) is 40.8. The maximum Gasteiger partial charge on any atom is 0.229 e. The molecule has 0 radical (unpaired) electrons. The summed E-state index contributed by atoms with van der Waals surface area (Å²) >= 11 is 0. The molecule has 0 aromatic heterocycles. The van der Waals surface area contributed by atoms with Crippen LogP contribution in [0.25, 0.3) is 0 Å². The highest BCUT2D eigenvalue weighted by Gasteiger charge is 2.78. The molecule has 5 atom stereocenters. The van der Waals surface area contributed by atoms with E-state index in [0.717, 1.165) is 0 Å². The fourth-order valence-electron chi connectivity index (χ4n) is 5.67. The summed E-state index contributed by atoms with van der Waals surface area (Å²) in [5, 5.41) is 3.16. The first-order valence-electron chi connectivity index (χ1n) is 9.78. The molecular formula is C20H32N2O4. The molecule has 0 aromatic rings. The Balaban J connectivity index is 1.41. The van der Waals surface area contributed by atoms with Crippen LogP contribution in [-0.4, -0.2) is 62.3 Å². The molecule has 2 heterocycles. The fourth-order valence-corrected chi connectivity index (χ4v) is 5.67. The van der Waals surface area contributed by atoms with Crippen LogP contribution in [0.2, 0.25) is 0 Å². The highest BCUT2D eigenvalue weighted by atomic mass is 16.5. The summed E-state index contributed by atoms with van der Waals surface area (Å²) in [5.74, 6) is 1.15. The van der Waals surface area contributed by atoms with Gasteiger partial charge in [0, 0.05) is 26.1 Å². The van der Waals surface area contributed by atoms with E-state index in [2.05, 4.69) is 39.9 Å². The second kappa shape index (κ2) is 5.44. The summed E-state index contributed by atoms with van der Waals surface area (Å²) in [4.78, 5) is 27.8. The molecule has 2 saturated heterocycles. The van der Waals surface area contributed by atoms with Crippen LogP contribution in [0.5, 0.6) is 0 Å². The lowest BCUT2D eigenvalue weighted by atomic mass is 9.95. The third-order valence-electron chi connectivity index (χ3n) is 8.87. The second-order valence-electron chi connectivity index (χ2n) is 9.87. The lowest BCUT2D eigenvalue weighted by Gasteiger charge is -2.24. The molecule has 2 aliphatic heterocycles. The Morgan fingerprint density at radius 2 is 1.62 bits per heavy atom. The van der Waals surface area contributed by atoms with Crippen molar-refractivity contribution in [1.29, 1.82) is 0 Å². The standard InChI is InChI=1S/C20H32N2O4/c1-18(2)19(3,4)20(18,5)17(24)22-7-13(14(8-22)25-6)21-16(23)15-11-9-26-10-12(11)15/h11-15H,7-10H2,1-6H3,(H,21,23)/t11-,12+,13-,14-,15?/m1/s1. The number of nitrogens with zero attached hydrogens (tertiary/aromatic N) is 1. The first-order chi connectivity index (χ1) is 12.1. The van der Waals surface area contributed by atoms with Crippen LogP contribution in [0, 0.1) is 34.0 Å². The van der Waals surface area contributed by atoms with Crippen LogP contribution >= 0.6 is 0 Å². The minimum atomic E-state index is -0.373. The SMILES string of the molecule is CO[C@@H]1CN(C(=O)C2(C)C(C)(C)C2(C)C)C[C@H]1NC(=O)C1[C@H]2COC[C@@H]12. The first kappa shape index (κ1) is 18.2. The van der Waals surface area contributed by atoms with Crippen molar-refractivity contribution in [1.82, 2.24) is 10.2 Å². The Labute approximate surface area is 156 Å². The lowest BCUT2D eigenvalue weighted by Crippen LogP contribution is -2.45. The van der Waals surface area contributed by atoms with Gasteiger partial charge in [0.05, 0.1) is 30.8 Å². The average Bonchev–Trinajstić information content (AvgIpc) is 3.07. The summed E-state index contributed by atoms with van der Waals surface area (Å²) in [6.45, 7) is 13.2. The van der Waals surface area contributed by atoms with Gasteiger partial charge in [0.15, 0.2) is 0 Å². The Kier molecular flexibility index (Phi) is 3.82. The minimum absolute atomic E-state index is 0.0353. The van der Waals surface area contributed by atoms with Gasteiger partial charge in [0.2, 0.25) is 11.8 Å². The van der Waals surface area contributed by atoms with Crippen LogP contribution in [0.15, 0.2) is 0 Å². The molecular weight excluding hydrogens is 332 g/mol. The summed E-state index contributed by atoms with van der Waals surface area (Å²) < 4.78 is 11.0. The number of methoxy groups -OCH3 is 1. The molecule has 6 heteroatoms. The van der Waals surface area contributed by atoms with E-state index in [1.165, 1.54) is 0 Å². The average molecular weight is 364 g/mol. The van der Waals surface area contributed by atoms with E-state index in [-0.39, 0.29) is 46.1 Å². The lowest BCUT2D eigenvalue weighted by molar-refractivity contribution is -0.138. The van der Waals surface area contributed by atoms with Gasteiger partial charge >= 0.3 is 0 Å². The highest BCUT2D eigenvalue weighted by molar-refractivity contribution is 5.89. The quantitative estimate of drug-likeness (QED) is 0.816. The highest BCUT2D eigenvalue weighted by Crippen LogP contribution is 2.78. The van der Waals surface area contributed by atoms with Gasteiger partial charge < -0.3 is 19.7 Å². The van der Waals surface area contributed by atoms with Crippen molar-refractivity contribution in [2.24, 2.45) is 34.0 Å². The van der Waals surface area contributed by atoms with E-state index < -0.39 is 0 Å². The number of hydrogen-bond acceptors (Lipinski definition) is 4. The molecule has 26 heavy (non-hydrogen) atoms. The third-order valence-corrected chi connectivity index (χ3v) is 8.87. The van der Waals surface area contributed by atoms with Gasteiger partial charge in [-0.15, -0.1) is 0 Å². The Morgan fingerprint density at radius 1 is 1.04 bits per heavy atom. The molecule has 0 spiro atoms. The van der Waals surface area contributed by atoms with E-state index in [0.29, 0.717) is 38.1 Å². The van der Waals surface area contributed by atoms with Gasteiger partial charge in [-0.3, -0.25) is 9.59 Å². The van der Waals surface area contributed by atoms with Crippen molar-refractivity contribution in [2.45, 2.75) is 46.8 Å². The molecule has 4 rings (SSSR count). The number of ether oxygens (including phenoxy) is 2. The van der Waals surface area contributed by atoms with E-state index in [4.69, 9.17) is 9.47 Å². The number of likely N-dealkylation sites (tertiary alicyclic amines) is 1. The van der Waals surface area contributed by atoms with E-state index in [1.54, 1.807) is 7.11 Å². The van der Waals surface area contributed by atoms with E-state index in [1.807, 2.05) is 4.90 Å². The molecule has 2 saturated carbocycles. The zero-order chi connectivity index (χ0) is 19.1. The molecule has 2 aliphatic carbocycles. The molecule has 2 amide bonds. The number of fused-ring (bicyclic) bond motifs is 1. The third kappa shape index (κ3) is 2.12. The van der Waals surface area contributed by atoms with Crippen molar-refractivity contribution in [3.63, 3.8) is 0 Å². The van der Waals surface area contributed by atoms with Gasteiger partial charge in [0.25, 0.3) is 0 Å². The number of nitrogens with one attached hydrogen (secondary N) is 1. The van der Waals surface area contributed by atoms with Crippen molar-refractivity contribution < 1.29 is 19.1 Å². The molecule has 0 aromatic carbocycles. The summed E-state index contributed by atoms with van der Waals surface area (Å²) in [5.41, 5.74) is -0.444. The van der Waals surface area contributed by atoms with Gasteiger partial charge in [-0.2, -0.15) is 0 Å².